The van der Waals surface area contributed by atoms with E-state index < -0.39 is 0 Å². The minimum atomic E-state index is 0.365. The summed E-state index contributed by atoms with van der Waals surface area (Å²) in [5, 5.41) is 0. The van der Waals surface area contributed by atoms with Crippen molar-refractivity contribution in [3.05, 3.63) is 0 Å². The summed E-state index contributed by atoms with van der Waals surface area (Å²) in [5.41, 5.74) is 0.365. The van der Waals surface area contributed by atoms with Crippen LogP contribution in [0, 0.1) is 11.8 Å². The van der Waals surface area contributed by atoms with E-state index in [1.807, 2.05) is 0 Å². The molecule has 2 heteroatoms. The average Bonchev–Trinajstić information content (AvgIpc) is 1.94. The molecule has 2 rings (SSSR count). The van der Waals surface area contributed by atoms with E-state index in [-0.39, 0.29) is 0 Å². The van der Waals surface area contributed by atoms with Gasteiger partial charge in [-0.1, -0.05) is 13.8 Å². The van der Waals surface area contributed by atoms with Gasteiger partial charge in [-0.25, -0.2) is 0 Å². The molecule has 0 aliphatic carbocycles. The molecule has 0 N–H and O–H groups in total. The first-order valence-electron chi connectivity index (χ1n) is 6.85. The monoisotopic (exact) mass is 224 g/mol. The van der Waals surface area contributed by atoms with Gasteiger partial charge in [0.1, 0.15) is 0 Å². The molecule has 0 spiro atoms. The first-order valence-corrected chi connectivity index (χ1v) is 6.85. The third-order valence-corrected chi connectivity index (χ3v) is 4.22. The number of piperidine rings is 1. The number of hydrogen-bond acceptors (Lipinski definition) is 2. The number of hydrogen-bond donors (Lipinski definition) is 0. The molecule has 0 amide bonds. The van der Waals surface area contributed by atoms with Crippen LogP contribution in [-0.2, 0) is 0 Å². The van der Waals surface area contributed by atoms with Crippen LogP contribution < -0.4 is 0 Å². The van der Waals surface area contributed by atoms with E-state index in [0.717, 1.165) is 17.9 Å². The van der Waals surface area contributed by atoms with Crippen LogP contribution >= 0.6 is 0 Å². The van der Waals surface area contributed by atoms with Crippen molar-refractivity contribution >= 4 is 0 Å². The van der Waals surface area contributed by atoms with E-state index in [2.05, 4.69) is 44.4 Å². The lowest BCUT2D eigenvalue weighted by Gasteiger charge is -2.53. The lowest BCUT2D eigenvalue weighted by atomic mass is 9.88. The fourth-order valence-corrected chi connectivity index (χ4v) is 3.24. The van der Waals surface area contributed by atoms with E-state index in [0.29, 0.717) is 5.54 Å². The van der Waals surface area contributed by atoms with Crippen molar-refractivity contribution in [1.29, 1.82) is 0 Å². The highest BCUT2D eigenvalue weighted by molar-refractivity contribution is 4.95. The molecule has 0 unspecified atom stereocenters. The Morgan fingerprint density at radius 1 is 0.875 bits per heavy atom. The van der Waals surface area contributed by atoms with Crippen LogP contribution in [0.1, 0.15) is 41.0 Å². The maximum atomic E-state index is 2.74. The van der Waals surface area contributed by atoms with E-state index in [1.54, 1.807) is 0 Å². The summed E-state index contributed by atoms with van der Waals surface area (Å²) < 4.78 is 0. The van der Waals surface area contributed by atoms with Crippen LogP contribution in [0.3, 0.4) is 0 Å². The molecule has 2 aliphatic rings. The van der Waals surface area contributed by atoms with Gasteiger partial charge < -0.3 is 0 Å². The van der Waals surface area contributed by atoms with Crippen molar-refractivity contribution in [3.63, 3.8) is 0 Å². The summed E-state index contributed by atoms with van der Waals surface area (Å²) in [6, 6.07) is 0.837. The molecule has 2 heterocycles. The topological polar surface area (TPSA) is 6.48 Å². The third-order valence-electron chi connectivity index (χ3n) is 4.22. The second kappa shape index (κ2) is 4.30. The van der Waals surface area contributed by atoms with Gasteiger partial charge >= 0.3 is 0 Å². The van der Waals surface area contributed by atoms with Crippen LogP contribution in [0.15, 0.2) is 0 Å². The molecule has 2 fully saturated rings. The first kappa shape index (κ1) is 12.4. The van der Waals surface area contributed by atoms with Gasteiger partial charge in [0.05, 0.1) is 0 Å². The van der Waals surface area contributed by atoms with Gasteiger partial charge in [0.25, 0.3) is 0 Å². The normalized spacial score (nSPS) is 35.1. The van der Waals surface area contributed by atoms with Crippen LogP contribution in [0.4, 0.5) is 0 Å². The molecule has 0 saturated carbocycles. The van der Waals surface area contributed by atoms with Gasteiger partial charge in [-0.2, -0.15) is 0 Å². The molecule has 2 atom stereocenters. The van der Waals surface area contributed by atoms with Gasteiger partial charge in [-0.15, -0.1) is 0 Å². The maximum Gasteiger partial charge on any atom is 0.0351 e. The van der Waals surface area contributed by atoms with Crippen LogP contribution in [0.5, 0.6) is 0 Å². The van der Waals surface area contributed by atoms with Gasteiger partial charge in [0.2, 0.25) is 0 Å². The quantitative estimate of drug-likeness (QED) is 0.675. The standard InChI is InChI=1S/C14H28N2/c1-11-6-12(2)8-15(7-11)13-9-16(10-13)14(3,4)5/h11-13H,6-10H2,1-5H3/t11-,12+. The minimum absolute atomic E-state index is 0.365. The van der Waals surface area contributed by atoms with Gasteiger partial charge in [0.15, 0.2) is 0 Å². The highest BCUT2D eigenvalue weighted by Crippen LogP contribution is 2.29. The fourth-order valence-electron chi connectivity index (χ4n) is 3.24. The summed E-state index contributed by atoms with van der Waals surface area (Å²) in [5.74, 6) is 1.79. The van der Waals surface area contributed by atoms with Crippen molar-refractivity contribution in [2.45, 2.75) is 52.6 Å². The van der Waals surface area contributed by atoms with Gasteiger partial charge in [-0.3, -0.25) is 9.80 Å². The van der Waals surface area contributed by atoms with Crippen LogP contribution in [-0.4, -0.2) is 47.6 Å². The van der Waals surface area contributed by atoms with Crippen molar-refractivity contribution in [1.82, 2.24) is 9.80 Å². The molecule has 2 aliphatic heterocycles. The lowest BCUT2D eigenvalue weighted by molar-refractivity contribution is -0.0424. The van der Waals surface area contributed by atoms with Gasteiger partial charge in [0, 0.05) is 37.8 Å². The molecule has 16 heavy (non-hydrogen) atoms. The Bertz CT molecular complexity index is 228. The largest absolute Gasteiger partial charge is 0.297 e. The molecule has 0 aromatic heterocycles. The van der Waals surface area contributed by atoms with Crippen molar-refractivity contribution in [2.24, 2.45) is 11.8 Å². The molecule has 0 radical (unpaired) electrons. The Labute approximate surface area is 101 Å². The average molecular weight is 224 g/mol. The molecule has 0 aromatic rings. The smallest absolute Gasteiger partial charge is 0.0351 e. The first-order chi connectivity index (χ1) is 7.36. The van der Waals surface area contributed by atoms with Crippen molar-refractivity contribution in [2.75, 3.05) is 26.2 Å². The van der Waals surface area contributed by atoms with Crippen molar-refractivity contribution < 1.29 is 0 Å². The SMILES string of the molecule is C[C@@H]1C[C@H](C)CN(C2CN(C(C)(C)C)C2)C1. The molecule has 2 saturated heterocycles. The fraction of sp³-hybridized carbons (Fsp3) is 1.00. The summed E-state index contributed by atoms with van der Waals surface area (Å²) in [6.07, 6.45) is 1.42. The zero-order valence-electron chi connectivity index (χ0n) is 11.7. The summed E-state index contributed by atoms with van der Waals surface area (Å²) >= 11 is 0. The zero-order chi connectivity index (χ0) is 11.9. The zero-order valence-corrected chi connectivity index (χ0v) is 11.7. The molecule has 0 aromatic carbocycles. The molecule has 2 nitrogen and oxygen atoms in total. The van der Waals surface area contributed by atoms with Crippen LogP contribution in [0.2, 0.25) is 0 Å². The van der Waals surface area contributed by atoms with E-state index in [1.165, 1.54) is 32.6 Å². The molecular formula is C14H28N2. The van der Waals surface area contributed by atoms with E-state index in [4.69, 9.17) is 0 Å². The van der Waals surface area contributed by atoms with Crippen molar-refractivity contribution in [3.8, 4) is 0 Å². The molecule has 0 bridgehead atoms. The van der Waals surface area contributed by atoms with Gasteiger partial charge in [-0.05, 0) is 39.0 Å². The maximum absolute atomic E-state index is 2.74. The summed E-state index contributed by atoms with van der Waals surface area (Å²) in [6.45, 7) is 17.0. The third kappa shape index (κ3) is 2.60. The summed E-state index contributed by atoms with van der Waals surface area (Å²) in [4.78, 5) is 5.34. The Kier molecular flexibility index (Phi) is 3.33. The molecular weight excluding hydrogens is 196 g/mol. The number of likely N-dealkylation sites (tertiary alicyclic amines) is 2. The Morgan fingerprint density at radius 2 is 1.38 bits per heavy atom. The molecule has 94 valence electrons. The van der Waals surface area contributed by atoms with E-state index >= 15 is 0 Å². The second-order valence-corrected chi connectivity index (χ2v) is 7.13. The van der Waals surface area contributed by atoms with Crippen LogP contribution in [0.25, 0.3) is 0 Å². The Balaban J connectivity index is 1.83. The number of rotatable bonds is 1. The number of nitrogens with zero attached hydrogens (tertiary/aromatic N) is 2. The van der Waals surface area contributed by atoms with E-state index in [9.17, 15) is 0 Å². The Morgan fingerprint density at radius 3 is 1.81 bits per heavy atom. The highest BCUT2D eigenvalue weighted by Gasteiger charge is 2.39. The predicted octanol–water partition coefficient (Wildman–Crippen LogP) is 2.45. The minimum Gasteiger partial charge on any atom is -0.297 e. The lowest BCUT2D eigenvalue weighted by Crippen LogP contribution is -2.66. The second-order valence-electron chi connectivity index (χ2n) is 7.13. The highest BCUT2D eigenvalue weighted by atomic mass is 15.3. The Hall–Kier alpha value is -0.0800. The predicted molar refractivity (Wildman–Crippen MR) is 69.6 cm³/mol. The summed E-state index contributed by atoms with van der Waals surface area (Å²) in [7, 11) is 0.